The van der Waals surface area contributed by atoms with E-state index in [-0.39, 0.29) is 13.2 Å². The lowest BCUT2D eigenvalue weighted by atomic mass is 10.1. The van der Waals surface area contributed by atoms with Crippen LogP contribution in [0.3, 0.4) is 0 Å². The van der Waals surface area contributed by atoms with E-state index in [0.717, 1.165) is 23.3 Å². The molecule has 0 amide bonds. The Balaban J connectivity index is 1.63. The second-order valence-electron chi connectivity index (χ2n) is 7.08. The van der Waals surface area contributed by atoms with Crippen LogP contribution in [-0.2, 0) is 22.3 Å². The number of esters is 1. The van der Waals surface area contributed by atoms with Crippen molar-refractivity contribution in [3.05, 3.63) is 71.0 Å². The molecule has 0 unspecified atom stereocenters. The van der Waals surface area contributed by atoms with Gasteiger partial charge in [0.2, 0.25) is 0 Å². The lowest BCUT2D eigenvalue weighted by molar-refractivity contribution is -0.145. The van der Waals surface area contributed by atoms with E-state index in [0.29, 0.717) is 35.2 Å². The van der Waals surface area contributed by atoms with E-state index in [1.54, 1.807) is 38.1 Å². The number of carbonyl (C=O) groups excluding carboxylic acids is 1. The molecule has 0 aliphatic carbocycles. The molecule has 1 heterocycles. The van der Waals surface area contributed by atoms with Gasteiger partial charge in [0.25, 0.3) is 0 Å². The Labute approximate surface area is 183 Å². The van der Waals surface area contributed by atoms with Gasteiger partial charge in [-0.15, -0.1) is 0 Å². The molecule has 3 aromatic rings. The van der Waals surface area contributed by atoms with Gasteiger partial charge < -0.3 is 18.6 Å². The van der Waals surface area contributed by atoms with E-state index in [1.165, 1.54) is 12.1 Å². The Morgan fingerprint density at radius 3 is 2.34 bits per heavy atom. The summed E-state index contributed by atoms with van der Waals surface area (Å²) in [6.45, 7) is 5.67. The lowest BCUT2D eigenvalue weighted by Crippen LogP contribution is -2.14. The van der Waals surface area contributed by atoms with Crippen LogP contribution in [0.15, 0.2) is 52.9 Å². The molecule has 1 aromatic heterocycles. The molecule has 0 spiro atoms. The van der Waals surface area contributed by atoms with Crippen molar-refractivity contribution in [2.24, 2.45) is 0 Å². The molecule has 5 nitrogen and oxygen atoms in total. The number of hydrogen-bond donors (Lipinski definition) is 0. The minimum absolute atomic E-state index is 0.171. The highest BCUT2D eigenvalue weighted by Gasteiger charge is 2.30. The molecular formula is C24H23F3O5. The van der Waals surface area contributed by atoms with Crippen molar-refractivity contribution in [2.45, 2.75) is 33.6 Å². The van der Waals surface area contributed by atoms with Crippen molar-refractivity contribution in [3.8, 4) is 22.8 Å². The molecule has 0 radical (unpaired) electrons. The van der Waals surface area contributed by atoms with Gasteiger partial charge in [-0.1, -0.05) is 12.1 Å². The van der Waals surface area contributed by atoms with Gasteiger partial charge in [0.05, 0.1) is 12.2 Å². The van der Waals surface area contributed by atoms with E-state index < -0.39 is 17.7 Å². The minimum Gasteiger partial charge on any atom is -0.489 e. The number of aryl methyl sites for hydroxylation is 2. The maximum Gasteiger partial charge on any atom is 0.416 e. The molecule has 170 valence electrons. The zero-order valence-electron chi connectivity index (χ0n) is 17.9. The largest absolute Gasteiger partial charge is 0.489 e. The molecule has 0 saturated carbocycles. The van der Waals surface area contributed by atoms with Gasteiger partial charge in [0, 0.05) is 11.1 Å². The number of benzene rings is 2. The molecule has 32 heavy (non-hydrogen) atoms. The fourth-order valence-electron chi connectivity index (χ4n) is 3.00. The second-order valence-corrected chi connectivity index (χ2v) is 7.08. The molecule has 3 rings (SSSR count). The van der Waals surface area contributed by atoms with Crippen LogP contribution in [0, 0.1) is 13.8 Å². The van der Waals surface area contributed by atoms with Crippen LogP contribution < -0.4 is 9.47 Å². The minimum atomic E-state index is -4.38. The van der Waals surface area contributed by atoms with Crippen LogP contribution in [-0.4, -0.2) is 19.2 Å². The molecule has 2 aromatic carbocycles. The summed E-state index contributed by atoms with van der Waals surface area (Å²) in [5, 5.41) is 0. The van der Waals surface area contributed by atoms with Crippen molar-refractivity contribution in [1.29, 1.82) is 0 Å². The van der Waals surface area contributed by atoms with E-state index in [9.17, 15) is 18.0 Å². The van der Waals surface area contributed by atoms with Gasteiger partial charge in [-0.3, -0.25) is 0 Å². The van der Waals surface area contributed by atoms with Gasteiger partial charge in [-0.2, -0.15) is 13.2 Å². The number of alkyl halides is 3. The Bertz CT molecular complexity index is 1070. The first-order valence-corrected chi connectivity index (χ1v) is 9.96. The Kier molecular flexibility index (Phi) is 7.12. The first kappa shape index (κ1) is 23.2. The predicted octanol–water partition coefficient (Wildman–Crippen LogP) is 6.10. The number of hydrogen-bond acceptors (Lipinski definition) is 5. The number of halogens is 3. The Morgan fingerprint density at radius 1 is 1.00 bits per heavy atom. The molecule has 0 fully saturated rings. The number of furan rings is 1. The summed E-state index contributed by atoms with van der Waals surface area (Å²) in [6.07, 6.45) is -4.38. The molecule has 0 aliphatic rings. The molecular weight excluding hydrogens is 425 g/mol. The summed E-state index contributed by atoms with van der Waals surface area (Å²) in [6, 6.07) is 11.8. The first-order chi connectivity index (χ1) is 15.2. The van der Waals surface area contributed by atoms with Gasteiger partial charge in [0.15, 0.2) is 6.61 Å². The summed E-state index contributed by atoms with van der Waals surface area (Å²) in [5.74, 6) is 1.79. The van der Waals surface area contributed by atoms with Gasteiger partial charge in [-0.25, -0.2) is 4.79 Å². The lowest BCUT2D eigenvalue weighted by Gasteiger charge is -2.11. The van der Waals surface area contributed by atoms with Crippen LogP contribution in [0.25, 0.3) is 11.3 Å². The number of rotatable bonds is 8. The summed E-state index contributed by atoms with van der Waals surface area (Å²) >= 11 is 0. The summed E-state index contributed by atoms with van der Waals surface area (Å²) in [5.41, 5.74) is 1.41. The Hall–Kier alpha value is -3.42. The molecule has 0 N–H and O–H groups in total. The molecule has 0 saturated heterocycles. The third kappa shape index (κ3) is 5.84. The van der Waals surface area contributed by atoms with Crippen LogP contribution in [0.5, 0.6) is 11.5 Å². The van der Waals surface area contributed by atoms with Crippen molar-refractivity contribution in [3.63, 3.8) is 0 Å². The Morgan fingerprint density at radius 2 is 1.72 bits per heavy atom. The molecule has 0 aliphatic heterocycles. The predicted molar refractivity (Wildman–Crippen MR) is 112 cm³/mol. The highest BCUT2D eigenvalue weighted by atomic mass is 19.4. The average molecular weight is 448 g/mol. The van der Waals surface area contributed by atoms with Crippen molar-refractivity contribution >= 4 is 5.97 Å². The summed E-state index contributed by atoms with van der Waals surface area (Å²) < 4.78 is 60.1. The van der Waals surface area contributed by atoms with Crippen LogP contribution >= 0.6 is 0 Å². The van der Waals surface area contributed by atoms with E-state index in [4.69, 9.17) is 18.6 Å². The van der Waals surface area contributed by atoms with Gasteiger partial charge in [-0.05, 0) is 62.7 Å². The second kappa shape index (κ2) is 9.80. The fourth-order valence-corrected chi connectivity index (χ4v) is 3.00. The van der Waals surface area contributed by atoms with Gasteiger partial charge in [0.1, 0.15) is 29.6 Å². The maximum absolute atomic E-state index is 12.7. The fraction of sp³-hybridized carbons (Fsp3) is 0.292. The van der Waals surface area contributed by atoms with E-state index in [1.807, 2.05) is 6.92 Å². The molecule has 0 bridgehead atoms. The third-order valence-electron chi connectivity index (χ3n) is 4.71. The van der Waals surface area contributed by atoms with Crippen molar-refractivity contribution in [1.82, 2.24) is 0 Å². The first-order valence-electron chi connectivity index (χ1n) is 9.96. The SMILES string of the molecule is CCOC(=O)COc1ccc(OCc2cc(-c3ccc(C(F)(F)F)cc3)oc2C)cc1C. The third-order valence-corrected chi connectivity index (χ3v) is 4.71. The standard InChI is InChI=1S/C24H23F3O5/c1-4-29-23(28)14-31-21-10-9-20(11-15(21)2)30-13-18-12-22(32-16(18)3)17-5-7-19(8-6-17)24(25,26)27/h5-12H,4,13-14H2,1-3H3. The summed E-state index contributed by atoms with van der Waals surface area (Å²) in [7, 11) is 0. The monoisotopic (exact) mass is 448 g/mol. The van der Waals surface area contributed by atoms with Crippen molar-refractivity contribution < 1.29 is 36.6 Å². The quantitative estimate of drug-likeness (QED) is 0.390. The highest BCUT2D eigenvalue weighted by Crippen LogP contribution is 2.32. The van der Waals surface area contributed by atoms with Crippen LogP contribution in [0.1, 0.15) is 29.4 Å². The van der Waals surface area contributed by atoms with Crippen LogP contribution in [0.4, 0.5) is 13.2 Å². The number of ether oxygens (including phenoxy) is 3. The highest BCUT2D eigenvalue weighted by molar-refractivity contribution is 5.71. The zero-order chi connectivity index (χ0) is 23.3. The number of carbonyl (C=O) groups is 1. The molecule has 8 heteroatoms. The normalized spacial score (nSPS) is 11.3. The topological polar surface area (TPSA) is 57.9 Å². The average Bonchev–Trinajstić information content (AvgIpc) is 3.12. The smallest absolute Gasteiger partial charge is 0.416 e. The van der Waals surface area contributed by atoms with Crippen LogP contribution in [0.2, 0.25) is 0 Å². The van der Waals surface area contributed by atoms with Crippen molar-refractivity contribution in [2.75, 3.05) is 13.2 Å². The molecule has 0 atom stereocenters. The van der Waals surface area contributed by atoms with Gasteiger partial charge >= 0.3 is 12.1 Å². The maximum atomic E-state index is 12.7. The van der Waals surface area contributed by atoms with E-state index in [2.05, 4.69) is 0 Å². The zero-order valence-corrected chi connectivity index (χ0v) is 17.9. The summed E-state index contributed by atoms with van der Waals surface area (Å²) in [4.78, 5) is 11.4. The van der Waals surface area contributed by atoms with E-state index >= 15 is 0 Å².